The van der Waals surface area contributed by atoms with Gasteiger partial charge in [0.2, 0.25) is 11.8 Å². The smallest absolute Gasteiger partial charge is 0.248 e. The number of likely N-dealkylation sites (N-methyl/N-ethyl adjacent to an activating group) is 1. The molecule has 2 N–H and O–H groups in total. The van der Waals surface area contributed by atoms with Crippen molar-refractivity contribution in [3.8, 4) is 10.6 Å². The van der Waals surface area contributed by atoms with Crippen molar-refractivity contribution < 1.29 is 14.7 Å². The summed E-state index contributed by atoms with van der Waals surface area (Å²) in [6.45, 7) is 3.96. The number of rotatable bonds is 5. The third-order valence-corrected chi connectivity index (χ3v) is 5.27. The van der Waals surface area contributed by atoms with E-state index in [1.807, 2.05) is 13.8 Å². The fourth-order valence-electron chi connectivity index (χ4n) is 3.21. The van der Waals surface area contributed by atoms with Crippen LogP contribution in [0.4, 0.5) is 0 Å². The molecule has 0 radical (unpaired) electrons. The number of hydrogen-bond acceptors (Lipinski definition) is 7. The lowest BCUT2D eigenvalue weighted by atomic mass is 10.0. The van der Waals surface area contributed by atoms with Crippen molar-refractivity contribution in [2.75, 3.05) is 13.6 Å². The first-order valence-electron chi connectivity index (χ1n) is 8.43. The molecule has 1 saturated heterocycles. The highest BCUT2D eigenvalue weighted by Gasteiger charge is 2.42. The third kappa shape index (κ3) is 3.47. The molecule has 0 aliphatic carbocycles. The molecular formula is C16H22N6O3S. The van der Waals surface area contributed by atoms with Crippen LogP contribution in [0, 0.1) is 5.92 Å². The van der Waals surface area contributed by atoms with Crippen LogP contribution in [-0.2, 0) is 9.59 Å². The van der Waals surface area contributed by atoms with E-state index >= 15 is 0 Å². The van der Waals surface area contributed by atoms with E-state index in [9.17, 15) is 14.7 Å². The molecule has 0 spiro atoms. The summed E-state index contributed by atoms with van der Waals surface area (Å²) < 4.78 is 1.54. The maximum absolute atomic E-state index is 13.2. The normalized spacial score (nSPS) is 21.2. The first-order valence-corrected chi connectivity index (χ1v) is 9.31. The number of carbonyl (C=O) groups is 2. The van der Waals surface area contributed by atoms with Gasteiger partial charge in [-0.2, -0.15) is 0 Å². The van der Waals surface area contributed by atoms with Crippen molar-refractivity contribution in [2.24, 2.45) is 5.92 Å². The average molecular weight is 378 g/mol. The van der Waals surface area contributed by atoms with Gasteiger partial charge in [-0.05, 0) is 5.92 Å². The van der Waals surface area contributed by atoms with Crippen LogP contribution in [0.5, 0.6) is 0 Å². The molecule has 26 heavy (non-hydrogen) atoms. The van der Waals surface area contributed by atoms with Crippen molar-refractivity contribution in [3.63, 3.8) is 0 Å². The standard InChI is InChI=1S/C16H22N6O3S/c1-9(2)14(22-7-11(19-20-22)13-5-18-8-26-13)16(25)21-6-10(23)4-12(21)15(24)17-3/h5,7-10,12,14,23H,4,6H2,1-3H3,(H,17,24)/t10-,12+,14+/m1/s1. The number of carbonyl (C=O) groups excluding carboxylic acids is 2. The zero-order chi connectivity index (χ0) is 18.8. The highest BCUT2D eigenvalue weighted by molar-refractivity contribution is 7.13. The minimum atomic E-state index is -0.711. The van der Waals surface area contributed by atoms with Crippen LogP contribution < -0.4 is 5.32 Å². The highest BCUT2D eigenvalue weighted by Crippen LogP contribution is 2.28. The highest BCUT2D eigenvalue weighted by atomic mass is 32.1. The summed E-state index contributed by atoms with van der Waals surface area (Å²) in [5.41, 5.74) is 2.36. The van der Waals surface area contributed by atoms with Gasteiger partial charge in [-0.25, -0.2) is 4.68 Å². The summed E-state index contributed by atoms with van der Waals surface area (Å²) in [6.07, 6.45) is 2.94. The van der Waals surface area contributed by atoms with Crippen molar-refractivity contribution in [2.45, 2.75) is 38.5 Å². The molecule has 9 nitrogen and oxygen atoms in total. The summed E-state index contributed by atoms with van der Waals surface area (Å²) in [6, 6.07) is -1.28. The Morgan fingerprint density at radius 2 is 2.19 bits per heavy atom. The molecule has 0 aromatic carbocycles. The van der Waals surface area contributed by atoms with Gasteiger partial charge in [0.1, 0.15) is 17.8 Å². The molecule has 0 unspecified atom stereocenters. The molecule has 1 aliphatic rings. The fourth-order valence-corrected chi connectivity index (χ4v) is 3.79. The SMILES string of the molecule is CNC(=O)[C@@H]1C[C@@H](O)CN1C(=O)[C@H](C(C)C)n1cc(-c2cncs2)nn1. The number of hydrogen-bond donors (Lipinski definition) is 2. The number of nitrogens with one attached hydrogen (secondary N) is 1. The Balaban J connectivity index is 1.88. The van der Waals surface area contributed by atoms with Gasteiger partial charge in [-0.1, -0.05) is 19.1 Å². The van der Waals surface area contributed by atoms with Gasteiger partial charge in [0.25, 0.3) is 0 Å². The molecule has 3 rings (SSSR count). The van der Waals surface area contributed by atoms with Gasteiger partial charge in [0, 0.05) is 26.2 Å². The number of aromatic nitrogens is 4. The molecule has 1 aliphatic heterocycles. The van der Waals surface area contributed by atoms with Crippen LogP contribution in [0.2, 0.25) is 0 Å². The molecule has 2 aromatic heterocycles. The van der Waals surface area contributed by atoms with Crippen LogP contribution in [0.3, 0.4) is 0 Å². The van der Waals surface area contributed by atoms with Gasteiger partial charge < -0.3 is 15.3 Å². The maximum Gasteiger partial charge on any atom is 0.248 e. The van der Waals surface area contributed by atoms with Crippen LogP contribution in [0.1, 0.15) is 26.3 Å². The Bertz CT molecular complexity index is 775. The van der Waals surface area contributed by atoms with Gasteiger partial charge in [0.15, 0.2) is 0 Å². The van der Waals surface area contributed by atoms with Gasteiger partial charge in [-0.3, -0.25) is 14.6 Å². The Kier molecular flexibility index (Phi) is 5.33. The fraction of sp³-hybridized carbons (Fsp3) is 0.562. The van der Waals surface area contributed by atoms with E-state index in [1.54, 1.807) is 17.9 Å². The molecule has 140 valence electrons. The van der Waals surface area contributed by atoms with Crippen molar-refractivity contribution in [1.82, 2.24) is 30.2 Å². The number of amides is 2. The van der Waals surface area contributed by atoms with E-state index < -0.39 is 18.2 Å². The Morgan fingerprint density at radius 1 is 1.42 bits per heavy atom. The van der Waals surface area contributed by atoms with Crippen LogP contribution in [-0.4, -0.2) is 67.5 Å². The molecule has 0 saturated carbocycles. The van der Waals surface area contributed by atoms with Crippen LogP contribution >= 0.6 is 11.3 Å². The number of aliphatic hydroxyl groups excluding tert-OH is 1. The van der Waals surface area contributed by atoms with E-state index in [0.29, 0.717) is 5.69 Å². The largest absolute Gasteiger partial charge is 0.391 e. The molecule has 10 heteroatoms. The number of likely N-dealkylation sites (tertiary alicyclic amines) is 1. The number of thiazole rings is 1. The second-order valence-corrected chi connectivity index (χ2v) is 7.53. The average Bonchev–Trinajstić information content (AvgIpc) is 3.33. The predicted molar refractivity (Wildman–Crippen MR) is 95.2 cm³/mol. The quantitative estimate of drug-likeness (QED) is 0.774. The lowest BCUT2D eigenvalue weighted by Crippen LogP contribution is -2.48. The Morgan fingerprint density at radius 3 is 2.81 bits per heavy atom. The van der Waals surface area contributed by atoms with Crippen molar-refractivity contribution in [1.29, 1.82) is 0 Å². The summed E-state index contributed by atoms with van der Waals surface area (Å²) >= 11 is 1.44. The molecule has 2 aromatic rings. The third-order valence-electron chi connectivity index (χ3n) is 4.48. The molecule has 3 heterocycles. The first kappa shape index (κ1) is 18.5. The van der Waals surface area contributed by atoms with E-state index in [-0.39, 0.29) is 30.7 Å². The monoisotopic (exact) mass is 378 g/mol. The molecule has 2 amide bonds. The topological polar surface area (TPSA) is 113 Å². The maximum atomic E-state index is 13.2. The lowest BCUT2D eigenvalue weighted by Gasteiger charge is -2.29. The molecule has 0 bridgehead atoms. The molecule has 1 fully saturated rings. The summed E-state index contributed by atoms with van der Waals surface area (Å²) in [4.78, 5) is 31.6. The minimum absolute atomic E-state index is 0.0680. The summed E-state index contributed by atoms with van der Waals surface area (Å²) in [7, 11) is 1.52. The van der Waals surface area contributed by atoms with Crippen molar-refractivity contribution >= 4 is 23.2 Å². The minimum Gasteiger partial charge on any atom is -0.391 e. The lowest BCUT2D eigenvalue weighted by molar-refractivity contribution is -0.142. The first-order chi connectivity index (χ1) is 12.4. The predicted octanol–water partition coefficient (Wildman–Crippen LogP) is 0.306. The summed E-state index contributed by atoms with van der Waals surface area (Å²) in [5.74, 6) is -0.589. The molecule has 3 atom stereocenters. The van der Waals surface area contributed by atoms with Gasteiger partial charge in [0.05, 0.1) is 22.7 Å². The van der Waals surface area contributed by atoms with E-state index in [4.69, 9.17) is 0 Å². The second-order valence-electron chi connectivity index (χ2n) is 6.65. The number of β-amino-alcohol motifs (C(OH)–C–C–N with tert-alkyl or cyclic N) is 1. The Hall–Kier alpha value is -2.33. The second kappa shape index (κ2) is 7.50. The van der Waals surface area contributed by atoms with E-state index in [0.717, 1.165) is 4.88 Å². The molecular weight excluding hydrogens is 356 g/mol. The van der Waals surface area contributed by atoms with Gasteiger partial charge in [-0.15, -0.1) is 16.4 Å². The zero-order valence-corrected chi connectivity index (χ0v) is 15.7. The number of aliphatic hydroxyl groups is 1. The van der Waals surface area contributed by atoms with E-state index in [1.165, 1.54) is 28.0 Å². The van der Waals surface area contributed by atoms with Crippen molar-refractivity contribution in [3.05, 3.63) is 17.9 Å². The van der Waals surface area contributed by atoms with E-state index in [2.05, 4.69) is 20.6 Å². The zero-order valence-electron chi connectivity index (χ0n) is 14.9. The van der Waals surface area contributed by atoms with Crippen LogP contribution in [0.25, 0.3) is 10.6 Å². The van der Waals surface area contributed by atoms with Crippen LogP contribution in [0.15, 0.2) is 17.9 Å². The Labute approximate surface area is 155 Å². The summed E-state index contributed by atoms with van der Waals surface area (Å²) in [5, 5.41) is 20.8. The number of nitrogens with zero attached hydrogens (tertiary/aromatic N) is 5. The van der Waals surface area contributed by atoms with Gasteiger partial charge >= 0.3 is 0 Å².